The van der Waals surface area contributed by atoms with Gasteiger partial charge in [0, 0.05) is 18.5 Å². The van der Waals surface area contributed by atoms with Gasteiger partial charge in [0.25, 0.3) is 0 Å². The molecular weight excluding hydrogens is 272 g/mol. The van der Waals surface area contributed by atoms with Gasteiger partial charge < -0.3 is 20.1 Å². The molecule has 0 saturated carbocycles. The Morgan fingerprint density at radius 3 is 3.14 bits per heavy atom. The quantitative estimate of drug-likeness (QED) is 0.896. The highest BCUT2D eigenvalue weighted by Gasteiger charge is 2.21. The molecule has 0 radical (unpaired) electrons. The highest BCUT2D eigenvalue weighted by molar-refractivity contribution is 5.95. The van der Waals surface area contributed by atoms with Crippen molar-refractivity contribution >= 4 is 22.7 Å². The molecule has 2 heterocycles. The Morgan fingerprint density at radius 1 is 1.57 bits per heavy atom. The van der Waals surface area contributed by atoms with Crippen molar-refractivity contribution in [1.82, 2.24) is 15.1 Å². The first-order valence-corrected chi connectivity index (χ1v) is 6.88. The average Bonchev–Trinajstić information content (AvgIpc) is 2.81. The minimum atomic E-state index is -1.03. The van der Waals surface area contributed by atoms with Crippen LogP contribution in [0.1, 0.15) is 6.92 Å². The standard InChI is InChI=1S/C14H18N4O3/c1-9(16-14(19)20)8-18-12-10(7-15-18)3-4-11-13(12)17(2)5-6-21-11/h3-4,7,9,16H,5-6,8H2,1-2H3,(H,19,20)/t9-/m0/s1. The molecule has 1 aromatic heterocycles. The maximum atomic E-state index is 10.7. The van der Waals surface area contributed by atoms with Crippen molar-refractivity contribution in [2.45, 2.75) is 19.5 Å². The second kappa shape index (κ2) is 5.16. The lowest BCUT2D eigenvalue weighted by molar-refractivity contribution is 0.189. The number of amides is 1. The molecule has 1 amide bonds. The number of carboxylic acid groups (broad SMARTS) is 1. The number of nitrogens with one attached hydrogen (secondary N) is 1. The fraction of sp³-hybridized carbons (Fsp3) is 0.429. The van der Waals surface area contributed by atoms with Gasteiger partial charge in [0.15, 0.2) is 0 Å². The van der Waals surface area contributed by atoms with Crippen LogP contribution in [0.3, 0.4) is 0 Å². The van der Waals surface area contributed by atoms with Crippen molar-refractivity contribution in [2.24, 2.45) is 0 Å². The van der Waals surface area contributed by atoms with E-state index in [2.05, 4.69) is 15.3 Å². The summed E-state index contributed by atoms with van der Waals surface area (Å²) in [6.45, 7) is 3.78. The van der Waals surface area contributed by atoms with E-state index in [-0.39, 0.29) is 6.04 Å². The summed E-state index contributed by atoms with van der Waals surface area (Å²) in [4.78, 5) is 12.9. The van der Waals surface area contributed by atoms with Crippen LogP contribution in [-0.2, 0) is 6.54 Å². The largest absolute Gasteiger partial charge is 0.489 e. The van der Waals surface area contributed by atoms with Gasteiger partial charge in [0.05, 0.1) is 24.8 Å². The van der Waals surface area contributed by atoms with Gasteiger partial charge in [-0.15, -0.1) is 0 Å². The number of carbonyl (C=O) groups is 1. The van der Waals surface area contributed by atoms with E-state index in [1.165, 1.54) is 0 Å². The Kier molecular flexibility index (Phi) is 3.32. The first kappa shape index (κ1) is 13.5. The molecule has 112 valence electrons. The minimum Gasteiger partial charge on any atom is -0.489 e. The molecule has 3 rings (SSSR count). The van der Waals surface area contributed by atoms with Gasteiger partial charge in [-0.2, -0.15) is 5.10 Å². The van der Waals surface area contributed by atoms with Gasteiger partial charge in [-0.1, -0.05) is 0 Å². The molecular formula is C14H18N4O3. The second-order valence-electron chi connectivity index (χ2n) is 5.30. The molecule has 0 aliphatic carbocycles. The summed E-state index contributed by atoms with van der Waals surface area (Å²) in [5.74, 6) is 0.844. The third kappa shape index (κ3) is 2.46. The van der Waals surface area contributed by atoms with Crippen LogP contribution in [-0.4, -0.2) is 47.2 Å². The normalized spacial score (nSPS) is 15.4. The molecule has 0 bridgehead atoms. The predicted octanol–water partition coefficient (Wildman–Crippen LogP) is 1.52. The summed E-state index contributed by atoms with van der Waals surface area (Å²) in [5, 5.41) is 16.6. The summed E-state index contributed by atoms with van der Waals surface area (Å²) in [5.41, 5.74) is 1.99. The molecule has 1 aromatic carbocycles. The lowest BCUT2D eigenvalue weighted by atomic mass is 10.1. The first-order valence-electron chi connectivity index (χ1n) is 6.88. The van der Waals surface area contributed by atoms with Crippen molar-refractivity contribution in [1.29, 1.82) is 0 Å². The molecule has 1 atom stereocenters. The highest BCUT2D eigenvalue weighted by Crippen LogP contribution is 2.37. The van der Waals surface area contributed by atoms with Crippen LogP contribution in [0.5, 0.6) is 5.75 Å². The molecule has 7 heteroatoms. The number of likely N-dealkylation sites (N-methyl/N-ethyl adjacent to an activating group) is 1. The van der Waals surface area contributed by atoms with E-state index in [1.54, 1.807) is 6.20 Å². The zero-order chi connectivity index (χ0) is 15.0. The monoisotopic (exact) mass is 290 g/mol. The van der Waals surface area contributed by atoms with E-state index in [9.17, 15) is 4.79 Å². The maximum Gasteiger partial charge on any atom is 0.404 e. The van der Waals surface area contributed by atoms with Crippen LogP contribution < -0.4 is 15.0 Å². The molecule has 1 aliphatic rings. The number of rotatable bonds is 3. The first-order chi connectivity index (χ1) is 10.1. The fourth-order valence-electron chi connectivity index (χ4n) is 2.69. The van der Waals surface area contributed by atoms with Crippen LogP contribution >= 0.6 is 0 Å². The number of aromatic nitrogens is 2. The van der Waals surface area contributed by atoms with Crippen LogP contribution in [0, 0.1) is 0 Å². The summed E-state index contributed by atoms with van der Waals surface area (Å²) < 4.78 is 7.54. The minimum absolute atomic E-state index is 0.226. The Bertz CT molecular complexity index is 682. The van der Waals surface area contributed by atoms with E-state index >= 15 is 0 Å². The van der Waals surface area contributed by atoms with E-state index in [4.69, 9.17) is 9.84 Å². The third-order valence-electron chi connectivity index (χ3n) is 3.62. The number of benzene rings is 1. The molecule has 0 fully saturated rings. The smallest absolute Gasteiger partial charge is 0.404 e. The molecule has 0 saturated heterocycles. The van der Waals surface area contributed by atoms with Crippen molar-refractivity contribution in [3.8, 4) is 5.75 Å². The van der Waals surface area contributed by atoms with Gasteiger partial charge in [0.2, 0.25) is 0 Å². The number of hydrogen-bond donors (Lipinski definition) is 2. The maximum absolute atomic E-state index is 10.7. The van der Waals surface area contributed by atoms with Gasteiger partial charge in [0.1, 0.15) is 18.0 Å². The Morgan fingerprint density at radius 2 is 2.38 bits per heavy atom. The zero-order valence-electron chi connectivity index (χ0n) is 12.0. The highest BCUT2D eigenvalue weighted by atomic mass is 16.5. The van der Waals surface area contributed by atoms with Gasteiger partial charge in [-0.25, -0.2) is 4.79 Å². The molecule has 21 heavy (non-hydrogen) atoms. The summed E-state index contributed by atoms with van der Waals surface area (Å²) in [6, 6.07) is 3.71. The molecule has 1 aliphatic heterocycles. The molecule has 0 spiro atoms. The van der Waals surface area contributed by atoms with Gasteiger partial charge in [-0.3, -0.25) is 4.68 Å². The molecule has 2 aromatic rings. The Labute approximate surface area is 122 Å². The SMILES string of the molecule is C[C@@H](Cn1ncc2ccc3c(c21)N(C)CCO3)NC(=O)O. The fourth-order valence-corrected chi connectivity index (χ4v) is 2.69. The van der Waals surface area contributed by atoms with E-state index < -0.39 is 6.09 Å². The van der Waals surface area contributed by atoms with Crippen LogP contribution in [0.15, 0.2) is 18.3 Å². The van der Waals surface area contributed by atoms with Gasteiger partial charge >= 0.3 is 6.09 Å². The summed E-state index contributed by atoms with van der Waals surface area (Å²) in [6.07, 6.45) is 0.771. The van der Waals surface area contributed by atoms with Crippen LogP contribution in [0.4, 0.5) is 10.5 Å². The molecule has 0 unspecified atom stereocenters. The third-order valence-corrected chi connectivity index (χ3v) is 3.62. The van der Waals surface area contributed by atoms with Crippen molar-refractivity contribution < 1.29 is 14.6 Å². The van der Waals surface area contributed by atoms with Gasteiger partial charge in [-0.05, 0) is 19.1 Å². The predicted molar refractivity (Wildman–Crippen MR) is 79.1 cm³/mol. The van der Waals surface area contributed by atoms with E-state index in [1.807, 2.05) is 30.8 Å². The average molecular weight is 290 g/mol. The van der Waals surface area contributed by atoms with Crippen molar-refractivity contribution in [2.75, 3.05) is 25.1 Å². The number of hydrogen-bond acceptors (Lipinski definition) is 4. The van der Waals surface area contributed by atoms with Crippen LogP contribution in [0.2, 0.25) is 0 Å². The second-order valence-corrected chi connectivity index (χ2v) is 5.30. The summed E-state index contributed by atoms with van der Waals surface area (Å²) >= 11 is 0. The number of nitrogens with zero attached hydrogens (tertiary/aromatic N) is 3. The topological polar surface area (TPSA) is 79.6 Å². The van der Waals surface area contributed by atoms with E-state index in [0.717, 1.165) is 28.9 Å². The zero-order valence-corrected chi connectivity index (χ0v) is 12.0. The number of ether oxygens (including phenoxy) is 1. The van der Waals surface area contributed by atoms with Crippen molar-refractivity contribution in [3.63, 3.8) is 0 Å². The lowest BCUT2D eigenvalue weighted by Crippen LogP contribution is -2.35. The lowest BCUT2D eigenvalue weighted by Gasteiger charge is -2.28. The number of fused-ring (bicyclic) bond motifs is 3. The van der Waals surface area contributed by atoms with Crippen LogP contribution in [0.25, 0.3) is 10.9 Å². The number of anilines is 1. The Balaban J connectivity index is 2.02. The van der Waals surface area contributed by atoms with E-state index in [0.29, 0.717) is 13.2 Å². The molecule has 7 nitrogen and oxygen atoms in total. The Hall–Kier alpha value is -2.44. The van der Waals surface area contributed by atoms with Crippen molar-refractivity contribution in [3.05, 3.63) is 18.3 Å². The molecule has 2 N–H and O–H groups in total. The summed E-state index contributed by atoms with van der Waals surface area (Å²) in [7, 11) is 2.02.